The molecule has 5 heteroatoms. The minimum Gasteiger partial charge on any atom is -0.744 e. The van der Waals surface area contributed by atoms with Crippen LogP contribution in [0, 0.1) is 0 Å². The van der Waals surface area contributed by atoms with E-state index < -0.39 is 10.1 Å². The number of rotatable bonds is 24. The van der Waals surface area contributed by atoms with Crippen LogP contribution in [-0.2, 0) is 23.0 Å². The van der Waals surface area contributed by atoms with Gasteiger partial charge in [0, 0.05) is 5.56 Å². The molecule has 1 rings (SSSR count). The van der Waals surface area contributed by atoms with E-state index in [1.807, 2.05) is 18.4 Å². The zero-order valence-corrected chi connectivity index (χ0v) is 24.7. The van der Waals surface area contributed by atoms with Crippen molar-refractivity contribution in [2.45, 2.75) is 160 Å². The van der Waals surface area contributed by atoms with Crippen LogP contribution in [0.3, 0.4) is 0 Å². The molecule has 0 unspecified atom stereocenters. The maximum Gasteiger partial charge on any atom is 0.150 e. The third-order valence-electron chi connectivity index (χ3n) is 7.55. The molecular weight excluding hydrogens is 466 g/mol. The van der Waals surface area contributed by atoms with E-state index in [0.29, 0.717) is 5.69 Å². The summed E-state index contributed by atoms with van der Waals surface area (Å²) in [5.74, 6) is 0. The molecule has 0 atom stereocenters. The van der Waals surface area contributed by atoms with Gasteiger partial charge < -0.3 is 9.87 Å². The van der Waals surface area contributed by atoms with Gasteiger partial charge in [0.05, 0.1) is 7.05 Å². The molecule has 0 spiro atoms. The van der Waals surface area contributed by atoms with Gasteiger partial charge in [0.1, 0.15) is 15.0 Å². The van der Waals surface area contributed by atoms with Crippen LogP contribution in [0.4, 0.5) is 5.69 Å². The second-order valence-corrected chi connectivity index (χ2v) is 12.1. The van der Waals surface area contributed by atoms with Gasteiger partial charge in [-0.2, -0.15) is 0 Å². The Hall–Kier alpha value is -0.910. The molecule has 0 radical (unpaired) electrons. The van der Waals surface area contributed by atoms with Crippen molar-refractivity contribution in [3.05, 3.63) is 23.3 Å². The number of hydrogen-bond donors (Lipinski definition) is 1. The van der Waals surface area contributed by atoms with Crippen molar-refractivity contribution in [3.63, 3.8) is 0 Å². The average molecular weight is 524 g/mol. The van der Waals surface area contributed by atoms with E-state index in [2.05, 4.69) is 13.8 Å². The molecule has 36 heavy (non-hydrogen) atoms. The summed E-state index contributed by atoms with van der Waals surface area (Å²) in [4.78, 5) is -0.0427. The summed E-state index contributed by atoms with van der Waals surface area (Å²) in [5.41, 5.74) is 3.00. The van der Waals surface area contributed by atoms with Crippen molar-refractivity contribution in [2.24, 2.45) is 0 Å². The monoisotopic (exact) mass is 523 g/mol. The molecule has 0 amide bonds. The Morgan fingerprint density at radius 1 is 0.611 bits per heavy atom. The van der Waals surface area contributed by atoms with Gasteiger partial charge in [-0.15, -0.1) is 0 Å². The molecule has 0 aliphatic rings. The van der Waals surface area contributed by atoms with Crippen molar-refractivity contribution in [2.75, 3.05) is 7.05 Å². The van der Waals surface area contributed by atoms with Crippen LogP contribution in [0.2, 0.25) is 0 Å². The second-order valence-electron chi connectivity index (χ2n) is 10.7. The van der Waals surface area contributed by atoms with Crippen molar-refractivity contribution < 1.29 is 18.3 Å². The molecular formula is C31H57NO3S. The number of benzene rings is 1. The fraction of sp³-hybridized carbons (Fsp3) is 0.806. The highest BCUT2D eigenvalue weighted by molar-refractivity contribution is 7.85. The van der Waals surface area contributed by atoms with Gasteiger partial charge in [0.25, 0.3) is 0 Å². The Morgan fingerprint density at radius 3 is 1.39 bits per heavy atom. The van der Waals surface area contributed by atoms with Gasteiger partial charge in [-0.05, 0) is 37.3 Å². The zero-order valence-electron chi connectivity index (χ0n) is 23.9. The molecule has 0 bridgehead atoms. The van der Waals surface area contributed by atoms with E-state index >= 15 is 0 Å². The summed E-state index contributed by atoms with van der Waals surface area (Å²) in [6.07, 6.45) is 27.8. The Labute approximate surface area is 224 Å². The summed E-state index contributed by atoms with van der Waals surface area (Å²) < 4.78 is 35.7. The SMILES string of the molecule is CCCCCCCCCCCCc1ccc(S(=O)(=O)[O-])c([NH2+]C)c1CCCCCCCCCCCC. The van der Waals surface area contributed by atoms with Crippen LogP contribution in [0.5, 0.6) is 0 Å². The van der Waals surface area contributed by atoms with Crippen LogP contribution >= 0.6 is 0 Å². The topological polar surface area (TPSA) is 73.8 Å². The summed E-state index contributed by atoms with van der Waals surface area (Å²) in [6, 6.07) is 3.46. The Morgan fingerprint density at radius 2 is 1.00 bits per heavy atom. The third-order valence-corrected chi connectivity index (χ3v) is 8.45. The molecule has 0 aromatic heterocycles. The maximum atomic E-state index is 11.9. The molecule has 2 N–H and O–H groups in total. The first kappa shape index (κ1) is 33.1. The van der Waals surface area contributed by atoms with Gasteiger partial charge >= 0.3 is 0 Å². The summed E-state index contributed by atoms with van der Waals surface area (Å²) in [7, 11) is -2.61. The summed E-state index contributed by atoms with van der Waals surface area (Å²) in [6.45, 7) is 4.52. The van der Waals surface area contributed by atoms with Crippen LogP contribution in [0.25, 0.3) is 0 Å². The van der Waals surface area contributed by atoms with Crippen molar-refractivity contribution in [1.82, 2.24) is 0 Å². The van der Waals surface area contributed by atoms with E-state index in [9.17, 15) is 13.0 Å². The van der Waals surface area contributed by atoms with Gasteiger partial charge in [-0.25, -0.2) is 8.42 Å². The smallest absolute Gasteiger partial charge is 0.150 e. The minimum absolute atomic E-state index is 0.0427. The molecule has 0 saturated heterocycles. The van der Waals surface area contributed by atoms with E-state index in [4.69, 9.17) is 0 Å². The molecule has 210 valence electrons. The lowest BCUT2D eigenvalue weighted by Gasteiger charge is -2.17. The number of nitrogens with two attached hydrogens (primary N) is 1. The first-order valence-electron chi connectivity index (χ1n) is 15.4. The number of hydrogen-bond acceptors (Lipinski definition) is 3. The Bertz CT molecular complexity index is 776. The quantitative estimate of drug-likeness (QED) is 0.0840. The van der Waals surface area contributed by atoms with Crippen molar-refractivity contribution >= 4 is 15.8 Å². The molecule has 1 aromatic carbocycles. The van der Waals surface area contributed by atoms with Gasteiger partial charge in [-0.3, -0.25) is 0 Å². The average Bonchev–Trinajstić information content (AvgIpc) is 2.85. The number of unbranched alkanes of at least 4 members (excludes halogenated alkanes) is 18. The van der Waals surface area contributed by atoms with Gasteiger partial charge in [0.15, 0.2) is 5.69 Å². The predicted octanol–water partition coefficient (Wildman–Crippen LogP) is 8.34. The lowest BCUT2D eigenvalue weighted by Crippen LogP contribution is -2.73. The first-order chi connectivity index (χ1) is 17.5. The normalized spacial score (nSPS) is 11.9. The molecule has 0 fully saturated rings. The van der Waals surface area contributed by atoms with Crippen molar-refractivity contribution in [1.29, 1.82) is 0 Å². The number of quaternary nitrogens is 1. The van der Waals surface area contributed by atoms with E-state index in [-0.39, 0.29) is 4.90 Å². The summed E-state index contributed by atoms with van der Waals surface area (Å²) in [5, 5.41) is 1.83. The number of aryl methyl sites for hydroxylation is 1. The van der Waals surface area contributed by atoms with E-state index in [0.717, 1.165) is 31.2 Å². The summed E-state index contributed by atoms with van der Waals surface area (Å²) >= 11 is 0. The van der Waals surface area contributed by atoms with E-state index in [1.54, 1.807) is 6.07 Å². The highest BCUT2D eigenvalue weighted by atomic mass is 32.2. The van der Waals surface area contributed by atoms with E-state index in [1.165, 1.54) is 121 Å². The molecule has 0 saturated carbocycles. The maximum absolute atomic E-state index is 11.9. The van der Waals surface area contributed by atoms with Gasteiger partial charge in [0.2, 0.25) is 0 Å². The second kappa shape index (κ2) is 21.1. The lowest BCUT2D eigenvalue weighted by atomic mass is 9.94. The van der Waals surface area contributed by atoms with Crippen LogP contribution in [0.1, 0.15) is 153 Å². The minimum atomic E-state index is -4.46. The zero-order chi connectivity index (χ0) is 26.5. The standard InChI is InChI=1S/C31H57NO3S/c1-4-6-8-10-12-14-16-18-20-22-24-28-26-27-30(36(33,34)35)31(32-3)29(28)25-23-21-19-17-15-13-11-9-7-5-2/h26-27,32H,4-25H2,1-3H3,(H,33,34,35). The molecule has 0 aliphatic heterocycles. The molecule has 4 nitrogen and oxygen atoms in total. The highest BCUT2D eigenvalue weighted by Crippen LogP contribution is 2.28. The fourth-order valence-electron chi connectivity index (χ4n) is 5.34. The van der Waals surface area contributed by atoms with Crippen LogP contribution < -0.4 is 5.32 Å². The van der Waals surface area contributed by atoms with Crippen LogP contribution in [0.15, 0.2) is 17.0 Å². The van der Waals surface area contributed by atoms with Crippen molar-refractivity contribution in [3.8, 4) is 0 Å². The van der Waals surface area contributed by atoms with Crippen LogP contribution in [-0.4, -0.2) is 20.0 Å². The molecule has 1 aromatic rings. The largest absolute Gasteiger partial charge is 0.744 e. The Kier molecular flexibility index (Phi) is 19.4. The molecule has 0 aliphatic carbocycles. The third kappa shape index (κ3) is 14.7. The predicted molar refractivity (Wildman–Crippen MR) is 153 cm³/mol. The van der Waals surface area contributed by atoms with Gasteiger partial charge in [-0.1, -0.05) is 135 Å². The lowest BCUT2D eigenvalue weighted by molar-refractivity contribution is -0.542. The first-order valence-corrected chi connectivity index (χ1v) is 16.8. The highest BCUT2D eigenvalue weighted by Gasteiger charge is 2.19. The molecule has 0 heterocycles. The fourth-order valence-corrected chi connectivity index (χ4v) is 6.09. The Balaban J connectivity index is 2.53.